The van der Waals surface area contributed by atoms with E-state index in [1.807, 2.05) is 29.2 Å². The Hall–Kier alpha value is -3.50. The first-order valence-corrected chi connectivity index (χ1v) is 12.0. The maximum Gasteiger partial charge on any atom is 0.417 e. The molecule has 194 valence electrons. The zero-order chi connectivity index (χ0) is 26.4. The molecule has 2 heterocycles. The number of rotatable bonds is 7. The molecule has 0 bridgehead atoms. The Morgan fingerprint density at radius 3 is 2.30 bits per heavy atom. The summed E-state index contributed by atoms with van der Waals surface area (Å²) >= 11 is 11.9. The number of nitrogens with zero attached hydrogens (tertiary/aromatic N) is 4. The fourth-order valence-corrected chi connectivity index (χ4v) is 4.13. The molecule has 4 rings (SSSR count). The number of alkyl halides is 3. The molecule has 1 aliphatic rings. The maximum absolute atomic E-state index is 12.9. The predicted octanol–water partition coefficient (Wildman–Crippen LogP) is 5.62. The van der Waals surface area contributed by atoms with E-state index < -0.39 is 11.7 Å². The van der Waals surface area contributed by atoms with Crippen molar-refractivity contribution in [2.75, 3.05) is 36.0 Å². The summed E-state index contributed by atoms with van der Waals surface area (Å²) in [6.07, 6.45) is -2.50. The Bertz CT molecular complexity index is 1250. The van der Waals surface area contributed by atoms with Crippen LogP contribution in [-0.2, 0) is 17.6 Å². The van der Waals surface area contributed by atoms with Crippen LogP contribution in [-0.4, -0.2) is 43.4 Å². The number of halogens is 5. The molecular formula is C25H22Cl2F3N5O2. The normalized spacial score (nSPS) is 14.2. The average Bonchev–Trinajstić information content (AvgIpc) is 2.89. The van der Waals surface area contributed by atoms with E-state index in [9.17, 15) is 18.0 Å². The van der Waals surface area contributed by atoms with Gasteiger partial charge in [0, 0.05) is 48.6 Å². The molecule has 0 radical (unpaired) electrons. The van der Waals surface area contributed by atoms with Crippen molar-refractivity contribution in [2.45, 2.75) is 12.8 Å². The van der Waals surface area contributed by atoms with E-state index in [0.717, 1.165) is 23.5 Å². The lowest BCUT2D eigenvalue weighted by molar-refractivity contribution is -0.137. The van der Waals surface area contributed by atoms with Crippen LogP contribution in [0.15, 0.2) is 65.9 Å². The molecule has 37 heavy (non-hydrogen) atoms. The molecule has 1 saturated heterocycles. The van der Waals surface area contributed by atoms with Gasteiger partial charge in [0.2, 0.25) is 0 Å². The number of piperazine rings is 1. The lowest BCUT2D eigenvalue weighted by Gasteiger charge is -2.37. The van der Waals surface area contributed by atoms with Gasteiger partial charge < -0.3 is 20.0 Å². The summed E-state index contributed by atoms with van der Waals surface area (Å²) in [4.78, 5) is 25.4. The minimum absolute atomic E-state index is 0.0300. The molecule has 12 heteroatoms. The number of oxime groups is 1. The van der Waals surface area contributed by atoms with Gasteiger partial charge >= 0.3 is 6.18 Å². The fraction of sp³-hybridized carbons (Fsp3) is 0.240. The van der Waals surface area contributed by atoms with Crippen molar-refractivity contribution in [1.82, 2.24) is 10.3 Å². The quantitative estimate of drug-likeness (QED) is 0.234. The van der Waals surface area contributed by atoms with E-state index in [-0.39, 0.29) is 17.5 Å². The first-order valence-electron chi connectivity index (χ1n) is 11.2. The molecule has 1 fully saturated rings. The van der Waals surface area contributed by atoms with Gasteiger partial charge in [-0.05, 0) is 48.0 Å². The van der Waals surface area contributed by atoms with Crippen molar-refractivity contribution >= 4 is 47.0 Å². The minimum Gasteiger partial charge on any atom is -0.390 e. The molecule has 0 unspecified atom stereocenters. The third-order valence-electron chi connectivity index (χ3n) is 5.69. The molecule has 2 aromatic carbocycles. The van der Waals surface area contributed by atoms with Crippen molar-refractivity contribution in [3.63, 3.8) is 0 Å². The molecule has 3 aromatic rings. The highest BCUT2D eigenvalue weighted by Crippen LogP contribution is 2.34. The Morgan fingerprint density at radius 2 is 1.68 bits per heavy atom. The Morgan fingerprint density at radius 1 is 1.03 bits per heavy atom. The number of hydrogen-bond acceptors (Lipinski definition) is 6. The van der Waals surface area contributed by atoms with E-state index in [1.54, 1.807) is 24.3 Å². The second kappa shape index (κ2) is 11.7. The third kappa shape index (κ3) is 7.05. The van der Waals surface area contributed by atoms with Crippen LogP contribution in [0.5, 0.6) is 0 Å². The van der Waals surface area contributed by atoms with Gasteiger partial charge in [-0.1, -0.05) is 40.5 Å². The highest BCUT2D eigenvalue weighted by Gasteiger charge is 2.32. The number of carbonyl (C=O) groups excluding carboxylic acids is 1. The summed E-state index contributed by atoms with van der Waals surface area (Å²) in [7, 11) is 0. The summed E-state index contributed by atoms with van der Waals surface area (Å²) in [5.41, 5.74) is 1.39. The lowest BCUT2D eigenvalue weighted by Crippen LogP contribution is -2.47. The molecule has 1 amide bonds. The number of nitrogens with one attached hydrogen (secondary N) is 1. The van der Waals surface area contributed by atoms with Gasteiger partial charge in [-0.2, -0.15) is 13.2 Å². The van der Waals surface area contributed by atoms with Crippen LogP contribution in [0.1, 0.15) is 21.5 Å². The van der Waals surface area contributed by atoms with Gasteiger partial charge in [0.1, 0.15) is 18.8 Å². The second-order valence-corrected chi connectivity index (χ2v) is 9.00. The van der Waals surface area contributed by atoms with E-state index in [4.69, 9.17) is 28.0 Å². The van der Waals surface area contributed by atoms with Crippen molar-refractivity contribution in [2.24, 2.45) is 5.16 Å². The van der Waals surface area contributed by atoms with E-state index >= 15 is 0 Å². The van der Waals surface area contributed by atoms with E-state index in [2.05, 4.69) is 20.4 Å². The summed E-state index contributed by atoms with van der Waals surface area (Å²) in [5, 5.41) is 6.88. The first-order chi connectivity index (χ1) is 17.7. The van der Waals surface area contributed by atoms with Crippen LogP contribution < -0.4 is 15.1 Å². The van der Waals surface area contributed by atoms with Crippen LogP contribution in [0, 0.1) is 0 Å². The van der Waals surface area contributed by atoms with Crippen LogP contribution in [0.4, 0.5) is 24.7 Å². The summed E-state index contributed by atoms with van der Waals surface area (Å²) in [6.45, 7) is 2.54. The van der Waals surface area contributed by atoms with Crippen molar-refractivity contribution in [3.05, 3.63) is 87.5 Å². The molecule has 0 spiro atoms. The van der Waals surface area contributed by atoms with Gasteiger partial charge in [0.05, 0.1) is 10.6 Å². The number of carbonyl (C=O) groups is 1. The monoisotopic (exact) mass is 551 g/mol. The smallest absolute Gasteiger partial charge is 0.390 e. The van der Waals surface area contributed by atoms with Crippen LogP contribution in [0.3, 0.4) is 0 Å². The zero-order valence-electron chi connectivity index (χ0n) is 19.4. The first kappa shape index (κ1) is 26.6. The van der Waals surface area contributed by atoms with E-state index in [1.165, 1.54) is 6.34 Å². The Labute approximate surface area is 221 Å². The molecular weight excluding hydrogens is 530 g/mol. The molecule has 0 saturated carbocycles. The topological polar surface area (TPSA) is 70.1 Å². The van der Waals surface area contributed by atoms with Gasteiger partial charge in [-0.15, -0.1) is 0 Å². The highest BCUT2D eigenvalue weighted by atomic mass is 35.5. The maximum atomic E-state index is 12.9. The number of anilines is 2. The van der Waals surface area contributed by atoms with Crippen molar-refractivity contribution in [3.8, 4) is 0 Å². The second-order valence-electron chi connectivity index (χ2n) is 8.16. The fourth-order valence-electron chi connectivity index (χ4n) is 3.72. The van der Waals surface area contributed by atoms with Gasteiger partial charge in [-0.3, -0.25) is 4.79 Å². The predicted molar refractivity (Wildman–Crippen MR) is 137 cm³/mol. The molecule has 1 N–H and O–H groups in total. The summed E-state index contributed by atoms with van der Waals surface area (Å²) < 4.78 is 38.6. The number of hydrogen-bond donors (Lipinski definition) is 1. The van der Waals surface area contributed by atoms with Crippen molar-refractivity contribution < 1.29 is 22.8 Å². The van der Waals surface area contributed by atoms with Gasteiger partial charge in [0.15, 0.2) is 0 Å². The molecule has 1 aliphatic heterocycles. The minimum atomic E-state index is -4.49. The van der Waals surface area contributed by atoms with E-state index in [0.29, 0.717) is 42.6 Å². The van der Waals surface area contributed by atoms with Crippen LogP contribution in [0.25, 0.3) is 0 Å². The molecule has 0 atom stereocenters. The molecule has 1 aromatic heterocycles. The lowest BCUT2D eigenvalue weighted by atomic mass is 10.1. The number of benzene rings is 2. The SMILES string of the molecule is O=C(N/C=N\OCc1ccc(Cl)cc1)c1ccc(N2CCN(c3ncc(C(F)(F)F)cc3Cl)CC2)cc1. The van der Waals surface area contributed by atoms with Gasteiger partial charge in [-0.25, -0.2) is 4.98 Å². The number of aromatic nitrogens is 1. The van der Waals surface area contributed by atoms with Crippen LogP contribution >= 0.6 is 23.2 Å². The number of amides is 1. The summed E-state index contributed by atoms with van der Waals surface area (Å²) in [6, 6.07) is 15.1. The van der Waals surface area contributed by atoms with Crippen LogP contribution in [0.2, 0.25) is 10.0 Å². The zero-order valence-corrected chi connectivity index (χ0v) is 20.9. The highest BCUT2D eigenvalue weighted by molar-refractivity contribution is 6.33. The molecule has 0 aliphatic carbocycles. The van der Waals surface area contributed by atoms with Gasteiger partial charge in [0.25, 0.3) is 5.91 Å². The Balaban J connectivity index is 1.25. The Kier molecular flexibility index (Phi) is 8.40. The number of pyridine rings is 1. The van der Waals surface area contributed by atoms with Crippen molar-refractivity contribution in [1.29, 1.82) is 0 Å². The standard InChI is InChI=1S/C25H22Cl2F3N5O2/c26-20-5-1-17(2-6-20)15-37-33-16-32-24(36)18-3-7-21(8-4-18)34-9-11-35(12-10-34)23-22(27)13-19(14-31-23)25(28,29)30/h1-8,13-14,16H,9-12,15H2,(H,32,33,36). The largest absolute Gasteiger partial charge is 0.417 e. The summed E-state index contributed by atoms with van der Waals surface area (Å²) in [5.74, 6) is -0.00150. The molecule has 7 nitrogen and oxygen atoms in total. The third-order valence-corrected chi connectivity index (χ3v) is 6.22. The average molecular weight is 552 g/mol.